The van der Waals surface area contributed by atoms with E-state index in [1.807, 2.05) is 25.3 Å². The quantitative estimate of drug-likeness (QED) is 0.466. The Morgan fingerprint density at radius 2 is 2.13 bits per heavy atom. The number of aromatic amines is 1. The molecule has 0 amide bonds. The zero-order chi connectivity index (χ0) is 20.5. The van der Waals surface area contributed by atoms with Gasteiger partial charge in [-0.15, -0.1) is 0 Å². The van der Waals surface area contributed by atoms with E-state index in [9.17, 15) is 4.39 Å². The van der Waals surface area contributed by atoms with Crippen LogP contribution in [0.2, 0.25) is 0 Å². The maximum Gasteiger partial charge on any atom is 0.204 e. The van der Waals surface area contributed by atoms with Crippen molar-refractivity contribution in [1.82, 2.24) is 19.9 Å². The van der Waals surface area contributed by atoms with E-state index in [4.69, 9.17) is 4.74 Å². The number of nitrogens with one attached hydrogen (secondary N) is 3. The van der Waals surface area contributed by atoms with Gasteiger partial charge >= 0.3 is 0 Å². The van der Waals surface area contributed by atoms with E-state index in [-0.39, 0.29) is 6.10 Å². The van der Waals surface area contributed by atoms with Gasteiger partial charge in [-0.05, 0) is 31.0 Å². The summed E-state index contributed by atoms with van der Waals surface area (Å²) >= 11 is 0. The van der Waals surface area contributed by atoms with Crippen molar-refractivity contribution in [2.75, 3.05) is 23.7 Å². The summed E-state index contributed by atoms with van der Waals surface area (Å²) in [5.41, 5.74) is 2.86. The lowest BCUT2D eigenvalue weighted by Crippen LogP contribution is -2.29. The normalized spacial score (nSPS) is 15.3. The molecule has 0 saturated heterocycles. The van der Waals surface area contributed by atoms with Crippen LogP contribution in [-0.2, 0) is 6.42 Å². The number of halogens is 1. The lowest BCUT2D eigenvalue weighted by molar-refractivity contribution is 0.225. The van der Waals surface area contributed by atoms with Crippen LogP contribution in [0.25, 0.3) is 22.3 Å². The number of H-pyrrole nitrogens is 1. The summed E-state index contributed by atoms with van der Waals surface area (Å²) in [6.07, 6.45) is 5.55. The van der Waals surface area contributed by atoms with Crippen LogP contribution < -0.4 is 15.4 Å². The fourth-order valence-electron chi connectivity index (χ4n) is 3.60. The first-order chi connectivity index (χ1) is 14.7. The molecular formula is C22H21FN6O. The summed E-state index contributed by atoms with van der Waals surface area (Å²) in [7, 11) is 0. The van der Waals surface area contributed by atoms with Gasteiger partial charge in [0.15, 0.2) is 17.5 Å². The smallest absolute Gasteiger partial charge is 0.204 e. The minimum atomic E-state index is -0.430. The van der Waals surface area contributed by atoms with Crippen molar-refractivity contribution in [3.05, 3.63) is 60.3 Å². The van der Waals surface area contributed by atoms with E-state index < -0.39 is 5.82 Å². The molecule has 0 fully saturated rings. The van der Waals surface area contributed by atoms with Crippen LogP contribution in [0.1, 0.15) is 12.5 Å². The van der Waals surface area contributed by atoms with Gasteiger partial charge in [-0.25, -0.2) is 14.4 Å². The van der Waals surface area contributed by atoms with E-state index in [1.54, 1.807) is 6.20 Å². The van der Waals surface area contributed by atoms with Crippen molar-refractivity contribution < 1.29 is 9.13 Å². The Morgan fingerprint density at radius 3 is 3.03 bits per heavy atom. The lowest BCUT2D eigenvalue weighted by atomic mass is 10.1. The van der Waals surface area contributed by atoms with Gasteiger partial charge in [0, 0.05) is 35.4 Å². The number of ether oxygens (including phenoxy) is 1. The molecule has 0 saturated carbocycles. The summed E-state index contributed by atoms with van der Waals surface area (Å²) in [6, 6.07) is 9.60. The Bertz CT molecular complexity index is 1210. The molecule has 0 bridgehead atoms. The molecule has 1 atom stereocenters. The summed E-state index contributed by atoms with van der Waals surface area (Å²) in [5.74, 6) is 1.72. The zero-order valence-electron chi connectivity index (χ0n) is 16.4. The maximum atomic E-state index is 13.7. The molecule has 5 rings (SSSR count). The molecule has 4 heterocycles. The molecule has 152 valence electrons. The molecule has 0 unspecified atom stereocenters. The highest BCUT2D eigenvalue weighted by Gasteiger charge is 2.23. The molecular weight excluding hydrogens is 383 g/mol. The number of fused-ring (bicyclic) bond motifs is 2. The Morgan fingerprint density at radius 1 is 1.23 bits per heavy atom. The summed E-state index contributed by atoms with van der Waals surface area (Å²) < 4.78 is 19.6. The highest BCUT2D eigenvalue weighted by molar-refractivity contribution is 5.83. The van der Waals surface area contributed by atoms with Crippen LogP contribution in [0.4, 0.5) is 16.0 Å². The Balaban J connectivity index is 1.43. The molecule has 1 aliphatic heterocycles. The molecule has 3 aromatic heterocycles. The number of benzene rings is 1. The Kier molecular flexibility index (Phi) is 4.66. The second kappa shape index (κ2) is 7.62. The Labute approximate surface area is 172 Å². The summed E-state index contributed by atoms with van der Waals surface area (Å²) in [5, 5.41) is 7.86. The van der Waals surface area contributed by atoms with Crippen LogP contribution in [-0.4, -0.2) is 39.1 Å². The van der Waals surface area contributed by atoms with Gasteiger partial charge in [0.25, 0.3) is 0 Å². The topological polar surface area (TPSA) is 87.8 Å². The molecule has 0 radical (unpaired) electrons. The van der Waals surface area contributed by atoms with Gasteiger partial charge < -0.3 is 20.4 Å². The monoisotopic (exact) mass is 404 g/mol. The molecule has 1 aliphatic rings. The highest BCUT2D eigenvalue weighted by Crippen LogP contribution is 2.36. The molecule has 3 N–H and O–H groups in total. The Hall–Kier alpha value is -3.68. The molecule has 1 aromatic carbocycles. The van der Waals surface area contributed by atoms with E-state index in [2.05, 4.69) is 42.7 Å². The van der Waals surface area contributed by atoms with Gasteiger partial charge in [0.2, 0.25) is 5.75 Å². The fourth-order valence-corrected chi connectivity index (χ4v) is 3.60. The van der Waals surface area contributed by atoms with Gasteiger partial charge in [0.1, 0.15) is 11.9 Å². The van der Waals surface area contributed by atoms with Gasteiger partial charge in [-0.3, -0.25) is 4.98 Å². The van der Waals surface area contributed by atoms with Crippen molar-refractivity contribution in [2.24, 2.45) is 0 Å². The third-order valence-corrected chi connectivity index (χ3v) is 5.07. The molecule has 0 spiro atoms. The molecule has 7 nitrogen and oxygen atoms in total. The van der Waals surface area contributed by atoms with E-state index in [0.29, 0.717) is 41.9 Å². The second-order valence-corrected chi connectivity index (χ2v) is 7.31. The maximum absolute atomic E-state index is 13.7. The van der Waals surface area contributed by atoms with Crippen molar-refractivity contribution in [2.45, 2.75) is 19.4 Å². The van der Waals surface area contributed by atoms with Crippen LogP contribution >= 0.6 is 0 Å². The third-order valence-electron chi connectivity index (χ3n) is 5.07. The van der Waals surface area contributed by atoms with Crippen LogP contribution in [0.5, 0.6) is 5.75 Å². The van der Waals surface area contributed by atoms with Crippen molar-refractivity contribution in [3.63, 3.8) is 0 Å². The zero-order valence-corrected chi connectivity index (χ0v) is 16.4. The fraction of sp³-hybridized carbons (Fsp3) is 0.227. The van der Waals surface area contributed by atoms with Gasteiger partial charge in [0.05, 0.1) is 12.7 Å². The van der Waals surface area contributed by atoms with Crippen molar-refractivity contribution in [3.8, 4) is 17.1 Å². The van der Waals surface area contributed by atoms with Crippen LogP contribution in [0.3, 0.4) is 0 Å². The van der Waals surface area contributed by atoms with E-state index >= 15 is 0 Å². The predicted molar refractivity (Wildman–Crippen MR) is 114 cm³/mol. The SMILES string of the molecule is C[C@@H]1CNc2nc(-c3cncc(F)c3)nc(NCCc3c[nH]c4ccccc34)c2O1. The first kappa shape index (κ1) is 18.4. The van der Waals surface area contributed by atoms with Gasteiger partial charge in [-0.2, -0.15) is 0 Å². The number of nitrogens with zero attached hydrogens (tertiary/aromatic N) is 3. The number of hydrogen-bond donors (Lipinski definition) is 3. The van der Waals surface area contributed by atoms with Gasteiger partial charge in [-0.1, -0.05) is 18.2 Å². The highest BCUT2D eigenvalue weighted by atomic mass is 19.1. The number of rotatable bonds is 5. The molecule has 0 aliphatic carbocycles. The third kappa shape index (κ3) is 3.52. The number of para-hydroxylation sites is 1. The number of aromatic nitrogens is 4. The van der Waals surface area contributed by atoms with Crippen molar-refractivity contribution in [1.29, 1.82) is 0 Å². The number of anilines is 2. The largest absolute Gasteiger partial charge is 0.482 e. The van der Waals surface area contributed by atoms with E-state index in [0.717, 1.165) is 18.1 Å². The van der Waals surface area contributed by atoms with Crippen LogP contribution in [0, 0.1) is 5.82 Å². The lowest BCUT2D eigenvalue weighted by Gasteiger charge is -2.26. The average Bonchev–Trinajstić information content (AvgIpc) is 3.17. The minimum Gasteiger partial charge on any atom is -0.482 e. The van der Waals surface area contributed by atoms with E-state index in [1.165, 1.54) is 17.0 Å². The molecule has 4 aromatic rings. The second-order valence-electron chi connectivity index (χ2n) is 7.31. The molecule has 8 heteroatoms. The predicted octanol–water partition coefficient (Wildman–Crippen LogP) is 4.01. The summed E-state index contributed by atoms with van der Waals surface area (Å²) in [4.78, 5) is 16.3. The first-order valence-corrected chi connectivity index (χ1v) is 9.90. The number of pyridine rings is 1. The minimum absolute atomic E-state index is 0.00282. The standard InChI is InChI=1S/C22H21FN6O/c1-13-9-27-22-19(30-13)21(28-20(29-22)15-8-16(23)12-24-10-15)25-7-6-14-11-26-18-5-3-2-4-17(14)18/h2-5,8,10-13,26H,6-7,9H2,1H3,(H2,25,27,28,29)/t13-/m1/s1. The van der Waals surface area contributed by atoms with Crippen LogP contribution in [0.15, 0.2) is 48.9 Å². The average molecular weight is 404 g/mol. The van der Waals surface area contributed by atoms with Crippen molar-refractivity contribution >= 4 is 22.5 Å². The molecule has 30 heavy (non-hydrogen) atoms. The number of hydrogen-bond acceptors (Lipinski definition) is 6. The first-order valence-electron chi connectivity index (χ1n) is 9.90. The summed E-state index contributed by atoms with van der Waals surface area (Å²) in [6.45, 7) is 3.28.